The fourth-order valence-corrected chi connectivity index (χ4v) is 3.45. The minimum absolute atomic E-state index is 0.0632. The maximum atomic E-state index is 12.6. The molecule has 2 rings (SSSR count). The second-order valence-corrected chi connectivity index (χ2v) is 7.14. The quantitative estimate of drug-likeness (QED) is 0.646. The molecule has 0 fully saturated rings. The zero-order valence-electron chi connectivity index (χ0n) is 16.7. The Hall–Kier alpha value is -2.67. The van der Waals surface area contributed by atoms with Crippen LogP contribution in [0.4, 0.5) is 5.69 Å². The van der Waals surface area contributed by atoms with Crippen molar-refractivity contribution in [2.24, 2.45) is 0 Å². The van der Waals surface area contributed by atoms with Crippen LogP contribution in [0.5, 0.6) is 11.5 Å². The van der Waals surface area contributed by atoms with E-state index < -0.39 is 0 Å². The van der Waals surface area contributed by atoms with Crippen molar-refractivity contribution in [3.05, 3.63) is 48.0 Å². The number of carbonyl (C=O) groups is 2. The first-order valence-corrected chi connectivity index (χ1v) is 9.94. The molecule has 0 radical (unpaired) electrons. The van der Waals surface area contributed by atoms with E-state index in [1.165, 1.54) is 18.7 Å². The highest BCUT2D eigenvalue weighted by molar-refractivity contribution is 8.00. The lowest BCUT2D eigenvalue weighted by Gasteiger charge is -2.21. The average Bonchev–Trinajstić information content (AvgIpc) is 2.70. The molecule has 150 valence electrons. The van der Waals surface area contributed by atoms with E-state index in [2.05, 4.69) is 5.32 Å². The van der Waals surface area contributed by atoms with Crippen LogP contribution in [0, 0.1) is 0 Å². The number of carbonyl (C=O) groups excluding carboxylic acids is 2. The van der Waals surface area contributed by atoms with Crippen molar-refractivity contribution < 1.29 is 19.1 Å². The van der Waals surface area contributed by atoms with Crippen LogP contribution >= 0.6 is 11.8 Å². The molecule has 0 saturated carbocycles. The summed E-state index contributed by atoms with van der Waals surface area (Å²) >= 11 is 1.48. The zero-order chi connectivity index (χ0) is 20.5. The molecule has 0 aromatic heterocycles. The van der Waals surface area contributed by atoms with E-state index >= 15 is 0 Å². The van der Waals surface area contributed by atoms with Crippen LogP contribution in [0.3, 0.4) is 0 Å². The van der Waals surface area contributed by atoms with Crippen LogP contribution in [0.2, 0.25) is 0 Å². The molecule has 2 aromatic rings. The highest BCUT2D eigenvalue weighted by Crippen LogP contribution is 2.28. The summed E-state index contributed by atoms with van der Waals surface area (Å²) in [5.41, 5.74) is 1.73. The fraction of sp³-hybridized carbons (Fsp3) is 0.333. The van der Waals surface area contributed by atoms with E-state index in [0.29, 0.717) is 30.3 Å². The van der Waals surface area contributed by atoms with Gasteiger partial charge in [0.05, 0.1) is 20.0 Å². The monoisotopic (exact) mass is 402 g/mol. The molecule has 0 aliphatic rings. The van der Waals surface area contributed by atoms with E-state index in [0.717, 1.165) is 16.1 Å². The fourth-order valence-electron chi connectivity index (χ4n) is 2.65. The maximum absolute atomic E-state index is 12.6. The highest BCUT2D eigenvalue weighted by Gasteiger charge is 2.14. The van der Waals surface area contributed by atoms with Crippen molar-refractivity contribution in [1.29, 1.82) is 0 Å². The maximum Gasteiger partial charge on any atom is 0.233 e. The zero-order valence-corrected chi connectivity index (χ0v) is 17.5. The Kier molecular flexibility index (Phi) is 8.19. The van der Waals surface area contributed by atoms with Crippen LogP contribution in [-0.4, -0.2) is 43.2 Å². The van der Waals surface area contributed by atoms with Gasteiger partial charge in [0.2, 0.25) is 11.8 Å². The second-order valence-electron chi connectivity index (χ2n) is 6.09. The number of rotatable bonds is 9. The largest absolute Gasteiger partial charge is 0.493 e. The molecule has 2 amide bonds. The summed E-state index contributed by atoms with van der Waals surface area (Å²) < 4.78 is 10.6. The Labute approximate surface area is 170 Å². The van der Waals surface area contributed by atoms with Gasteiger partial charge in [0.1, 0.15) is 0 Å². The molecule has 6 nitrogen and oxygen atoms in total. The predicted molar refractivity (Wildman–Crippen MR) is 112 cm³/mol. The molecule has 28 heavy (non-hydrogen) atoms. The van der Waals surface area contributed by atoms with Crippen LogP contribution in [0.25, 0.3) is 0 Å². The van der Waals surface area contributed by atoms with Crippen LogP contribution in [0.15, 0.2) is 47.4 Å². The number of hydrogen-bond acceptors (Lipinski definition) is 5. The van der Waals surface area contributed by atoms with Crippen LogP contribution in [0.1, 0.15) is 19.4 Å². The van der Waals surface area contributed by atoms with Gasteiger partial charge in [-0.1, -0.05) is 6.07 Å². The lowest BCUT2D eigenvalue weighted by molar-refractivity contribution is -0.128. The Balaban J connectivity index is 1.95. The molecule has 0 aliphatic carbocycles. The standard InChI is InChI=1S/C21H26N2O4S/c1-5-23(13-16-6-11-19(26-3)20(12-16)27-4)21(25)14-28-18-9-7-17(8-10-18)22-15(2)24/h6-12H,5,13-14H2,1-4H3,(H,22,24). The number of benzene rings is 2. The minimum atomic E-state index is -0.107. The summed E-state index contributed by atoms with van der Waals surface area (Å²) in [5, 5.41) is 2.73. The molecule has 0 heterocycles. The van der Waals surface area contributed by atoms with Crippen LogP contribution < -0.4 is 14.8 Å². The molecule has 0 spiro atoms. The van der Waals surface area contributed by atoms with Gasteiger partial charge in [-0.15, -0.1) is 11.8 Å². The second kappa shape index (κ2) is 10.6. The predicted octanol–water partition coefficient (Wildman–Crippen LogP) is 3.80. The topological polar surface area (TPSA) is 67.9 Å². The van der Waals surface area contributed by atoms with Crippen molar-refractivity contribution in [3.8, 4) is 11.5 Å². The van der Waals surface area contributed by atoms with Gasteiger partial charge in [0.15, 0.2) is 11.5 Å². The van der Waals surface area contributed by atoms with Gasteiger partial charge < -0.3 is 19.7 Å². The average molecular weight is 403 g/mol. The highest BCUT2D eigenvalue weighted by atomic mass is 32.2. The van der Waals surface area contributed by atoms with E-state index in [9.17, 15) is 9.59 Å². The van der Waals surface area contributed by atoms with Gasteiger partial charge in [-0.2, -0.15) is 0 Å². The molecule has 0 aliphatic heterocycles. The lowest BCUT2D eigenvalue weighted by Crippen LogP contribution is -2.31. The van der Waals surface area contributed by atoms with E-state index in [4.69, 9.17) is 9.47 Å². The van der Waals surface area contributed by atoms with Crippen molar-refractivity contribution in [2.45, 2.75) is 25.3 Å². The Morgan fingerprint density at radius 1 is 1.04 bits per heavy atom. The third-order valence-electron chi connectivity index (χ3n) is 4.09. The van der Waals surface area contributed by atoms with Crippen molar-refractivity contribution in [3.63, 3.8) is 0 Å². The number of anilines is 1. The van der Waals surface area contributed by atoms with E-state index in [1.807, 2.05) is 49.4 Å². The van der Waals surface area contributed by atoms with Gasteiger partial charge in [-0.05, 0) is 48.9 Å². The number of nitrogens with one attached hydrogen (secondary N) is 1. The van der Waals surface area contributed by atoms with Crippen molar-refractivity contribution >= 4 is 29.3 Å². The Morgan fingerprint density at radius 3 is 2.29 bits per heavy atom. The normalized spacial score (nSPS) is 10.3. The van der Waals surface area contributed by atoms with E-state index in [-0.39, 0.29) is 11.8 Å². The number of methoxy groups -OCH3 is 2. The lowest BCUT2D eigenvalue weighted by atomic mass is 10.2. The Morgan fingerprint density at radius 2 is 1.71 bits per heavy atom. The summed E-state index contributed by atoms with van der Waals surface area (Å²) in [6, 6.07) is 13.1. The smallest absolute Gasteiger partial charge is 0.233 e. The van der Waals surface area contributed by atoms with Gasteiger partial charge in [0, 0.05) is 30.6 Å². The minimum Gasteiger partial charge on any atom is -0.493 e. The van der Waals surface area contributed by atoms with Crippen LogP contribution in [-0.2, 0) is 16.1 Å². The third kappa shape index (κ3) is 6.20. The first kappa shape index (κ1) is 21.6. The molecule has 0 saturated heterocycles. The molecule has 0 atom stereocenters. The first-order chi connectivity index (χ1) is 13.5. The summed E-state index contributed by atoms with van der Waals surface area (Å²) in [6.07, 6.45) is 0. The first-order valence-electron chi connectivity index (χ1n) is 8.96. The molecular weight excluding hydrogens is 376 g/mol. The number of hydrogen-bond donors (Lipinski definition) is 1. The van der Waals surface area contributed by atoms with Gasteiger partial charge in [-0.25, -0.2) is 0 Å². The SMILES string of the molecule is CCN(Cc1ccc(OC)c(OC)c1)C(=O)CSc1ccc(NC(C)=O)cc1. The molecule has 2 aromatic carbocycles. The van der Waals surface area contributed by atoms with Crippen molar-refractivity contribution in [2.75, 3.05) is 31.8 Å². The van der Waals surface area contributed by atoms with Gasteiger partial charge in [-0.3, -0.25) is 9.59 Å². The number of thioether (sulfide) groups is 1. The molecule has 7 heteroatoms. The summed E-state index contributed by atoms with van der Waals surface area (Å²) in [7, 11) is 3.19. The van der Waals surface area contributed by atoms with Gasteiger partial charge >= 0.3 is 0 Å². The van der Waals surface area contributed by atoms with Gasteiger partial charge in [0.25, 0.3) is 0 Å². The number of ether oxygens (including phenoxy) is 2. The number of amides is 2. The molecule has 1 N–H and O–H groups in total. The van der Waals surface area contributed by atoms with E-state index in [1.54, 1.807) is 19.1 Å². The molecular formula is C21H26N2O4S. The Bertz CT molecular complexity index is 809. The molecule has 0 bridgehead atoms. The molecule has 0 unspecified atom stereocenters. The third-order valence-corrected chi connectivity index (χ3v) is 5.09. The van der Waals surface area contributed by atoms with Crippen molar-refractivity contribution in [1.82, 2.24) is 4.90 Å². The number of nitrogens with zero attached hydrogens (tertiary/aromatic N) is 1. The summed E-state index contributed by atoms with van der Waals surface area (Å²) in [5.74, 6) is 1.62. The summed E-state index contributed by atoms with van der Waals surface area (Å²) in [6.45, 7) is 4.57. The summed E-state index contributed by atoms with van der Waals surface area (Å²) in [4.78, 5) is 26.5.